The maximum Gasteiger partial charge on any atom is 0.223 e. The summed E-state index contributed by atoms with van der Waals surface area (Å²) in [5.41, 5.74) is 0. The molecule has 0 aromatic heterocycles. The van der Waals surface area contributed by atoms with Gasteiger partial charge < -0.3 is 4.74 Å². The zero-order valence-electron chi connectivity index (χ0n) is 15.7. The molecule has 0 heterocycles. The Bertz CT molecular complexity index is 375. The summed E-state index contributed by atoms with van der Waals surface area (Å²) in [6, 6.07) is 10.1. The van der Waals surface area contributed by atoms with Crippen molar-refractivity contribution in [1.29, 1.82) is 0 Å². The number of rotatable bonds is 14. The fourth-order valence-corrected chi connectivity index (χ4v) is 2.86. The van der Waals surface area contributed by atoms with Crippen LogP contribution in [0.2, 0.25) is 0 Å². The van der Waals surface area contributed by atoms with Crippen LogP contribution < -0.4 is 4.74 Å². The van der Waals surface area contributed by atoms with Crippen LogP contribution in [-0.4, -0.2) is 31.9 Å². The lowest BCUT2D eigenvalue weighted by Gasteiger charge is -2.29. The van der Waals surface area contributed by atoms with Gasteiger partial charge in [0.15, 0.2) is 0 Å². The molecule has 132 valence electrons. The quantitative estimate of drug-likeness (QED) is 0.231. The Kier molecular flexibility index (Phi) is 10.8. The molecule has 0 N–H and O–H groups in total. The van der Waals surface area contributed by atoms with Crippen molar-refractivity contribution in [2.24, 2.45) is 0 Å². The zero-order chi connectivity index (χ0) is 16.8. The summed E-state index contributed by atoms with van der Waals surface area (Å²) >= 11 is 0. The molecule has 23 heavy (non-hydrogen) atoms. The van der Waals surface area contributed by atoms with E-state index in [1.165, 1.54) is 70.8 Å². The van der Waals surface area contributed by atoms with E-state index in [9.17, 15) is 0 Å². The number of benzene rings is 1. The summed E-state index contributed by atoms with van der Waals surface area (Å²) in [5, 5.41) is 0. The lowest BCUT2D eigenvalue weighted by Crippen LogP contribution is -2.43. The van der Waals surface area contributed by atoms with E-state index >= 15 is 0 Å². The van der Waals surface area contributed by atoms with Gasteiger partial charge in [0.1, 0.15) is 5.75 Å². The van der Waals surface area contributed by atoms with Crippen LogP contribution >= 0.6 is 0 Å². The third-order valence-electron chi connectivity index (χ3n) is 4.44. The summed E-state index contributed by atoms with van der Waals surface area (Å²) in [5.74, 6) is 0.974. The van der Waals surface area contributed by atoms with E-state index < -0.39 is 0 Å². The summed E-state index contributed by atoms with van der Waals surface area (Å²) in [7, 11) is 4.52. The Morgan fingerprint density at radius 2 is 1.26 bits per heavy atom. The smallest absolute Gasteiger partial charge is 0.223 e. The van der Waals surface area contributed by atoms with Crippen molar-refractivity contribution in [3.05, 3.63) is 30.3 Å². The van der Waals surface area contributed by atoms with Crippen molar-refractivity contribution in [3.63, 3.8) is 0 Å². The highest BCUT2D eigenvalue weighted by molar-refractivity contribution is 5.20. The minimum absolute atomic E-state index is 0.751. The molecule has 0 fully saturated rings. The first-order valence-corrected chi connectivity index (χ1v) is 9.64. The molecule has 0 spiro atoms. The first kappa shape index (κ1) is 20.0. The van der Waals surface area contributed by atoms with E-state index in [2.05, 4.69) is 21.0 Å². The number of unbranched alkanes of at least 4 members (excludes halogenated alkanes) is 9. The first-order chi connectivity index (χ1) is 11.1. The second-order valence-corrected chi connectivity index (χ2v) is 7.43. The minimum Gasteiger partial charge on any atom is -0.445 e. The van der Waals surface area contributed by atoms with E-state index in [-0.39, 0.29) is 0 Å². The molecule has 0 bridgehead atoms. The molecule has 0 radical (unpaired) electrons. The van der Waals surface area contributed by atoms with Gasteiger partial charge in [0.05, 0.1) is 20.6 Å². The van der Waals surface area contributed by atoms with Crippen LogP contribution in [0.1, 0.15) is 71.1 Å². The van der Waals surface area contributed by atoms with Gasteiger partial charge in [-0.2, -0.15) is 0 Å². The fraction of sp³-hybridized carbons (Fsp3) is 0.714. The number of hydrogen-bond donors (Lipinski definition) is 0. The normalized spacial score (nSPS) is 11.6. The van der Waals surface area contributed by atoms with Crippen LogP contribution in [-0.2, 0) is 0 Å². The molecule has 1 rings (SSSR count). The van der Waals surface area contributed by atoms with Gasteiger partial charge in [0, 0.05) is 0 Å². The van der Waals surface area contributed by atoms with Crippen molar-refractivity contribution in [3.8, 4) is 5.75 Å². The van der Waals surface area contributed by atoms with E-state index in [0.717, 1.165) is 17.0 Å². The van der Waals surface area contributed by atoms with Gasteiger partial charge in [0.25, 0.3) is 0 Å². The van der Waals surface area contributed by atoms with E-state index in [1.54, 1.807) is 0 Å². The molecule has 0 saturated heterocycles. The fourth-order valence-electron chi connectivity index (χ4n) is 2.86. The Labute approximate surface area is 144 Å². The average Bonchev–Trinajstić information content (AvgIpc) is 2.56. The van der Waals surface area contributed by atoms with Crippen LogP contribution in [0.4, 0.5) is 0 Å². The van der Waals surface area contributed by atoms with Gasteiger partial charge in [-0.05, 0) is 25.0 Å². The Morgan fingerprint density at radius 3 is 1.83 bits per heavy atom. The lowest BCUT2D eigenvalue weighted by atomic mass is 10.1. The van der Waals surface area contributed by atoms with Crippen molar-refractivity contribution in [2.45, 2.75) is 71.1 Å². The molecule has 0 aliphatic heterocycles. The summed E-state index contributed by atoms with van der Waals surface area (Å²) in [6.45, 7) is 4.23. The maximum absolute atomic E-state index is 5.89. The SMILES string of the molecule is CCCCCCCCCCCC[N+](C)(C)COc1ccccc1. The topological polar surface area (TPSA) is 9.23 Å². The molecular weight excluding hydrogens is 282 g/mol. The van der Waals surface area contributed by atoms with Crippen LogP contribution in [0, 0.1) is 0 Å². The molecule has 0 aliphatic carbocycles. The van der Waals surface area contributed by atoms with Gasteiger partial charge in [-0.3, -0.25) is 4.48 Å². The predicted octanol–water partition coefficient (Wildman–Crippen LogP) is 6.02. The molecular formula is C21H38NO+. The zero-order valence-corrected chi connectivity index (χ0v) is 15.7. The summed E-state index contributed by atoms with van der Waals surface area (Å²) in [6.07, 6.45) is 14.0. The van der Waals surface area contributed by atoms with Gasteiger partial charge in [-0.25, -0.2) is 0 Å². The summed E-state index contributed by atoms with van der Waals surface area (Å²) < 4.78 is 6.82. The summed E-state index contributed by atoms with van der Waals surface area (Å²) in [4.78, 5) is 0. The number of hydrogen-bond acceptors (Lipinski definition) is 1. The second kappa shape index (κ2) is 12.4. The van der Waals surface area contributed by atoms with Crippen LogP contribution in [0.15, 0.2) is 30.3 Å². The van der Waals surface area contributed by atoms with E-state index in [1.807, 2.05) is 30.3 Å². The monoisotopic (exact) mass is 320 g/mol. The van der Waals surface area contributed by atoms with Crippen molar-refractivity contribution < 1.29 is 9.22 Å². The van der Waals surface area contributed by atoms with Crippen LogP contribution in [0.25, 0.3) is 0 Å². The molecule has 0 aliphatic rings. The Balaban J connectivity index is 1.97. The largest absolute Gasteiger partial charge is 0.445 e. The molecule has 0 amide bonds. The number of para-hydroxylation sites is 1. The minimum atomic E-state index is 0.751. The molecule has 1 aromatic rings. The molecule has 1 aromatic carbocycles. The van der Waals surface area contributed by atoms with Crippen molar-refractivity contribution in [1.82, 2.24) is 0 Å². The molecule has 0 saturated carbocycles. The number of nitrogens with zero attached hydrogens (tertiary/aromatic N) is 1. The van der Waals surface area contributed by atoms with Gasteiger partial charge in [-0.1, -0.05) is 76.5 Å². The number of ether oxygens (including phenoxy) is 1. The van der Waals surface area contributed by atoms with Gasteiger partial charge >= 0.3 is 0 Å². The maximum atomic E-state index is 5.89. The third kappa shape index (κ3) is 11.2. The molecule has 2 heteroatoms. The third-order valence-corrected chi connectivity index (χ3v) is 4.44. The highest BCUT2D eigenvalue weighted by Gasteiger charge is 2.14. The average molecular weight is 321 g/mol. The highest BCUT2D eigenvalue weighted by atomic mass is 16.5. The second-order valence-electron chi connectivity index (χ2n) is 7.43. The highest BCUT2D eigenvalue weighted by Crippen LogP contribution is 2.13. The standard InChI is InChI=1S/C21H38NO/c1-4-5-6-7-8-9-10-11-12-16-19-22(2,3)20-23-21-17-14-13-15-18-21/h13-15,17-18H,4-12,16,19-20H2,1-3H3/q+1. The van der Waals surface area contributed by atoms with Crippen LogP contribution in [0.3, 0.4) is 0 Å². The van der Waals surface area contributed by atoms with Gasteiger partial charge in [-0.15, -0.1) is 0 Å². The van der Waals surface area contributed by atoms with Crippen molar-refractivity contribution >= 4 is 0 Å². The van der Waals surface area contributed by atoms with Gasteiger partial charge in [0.2, 0.25) is 6.73 Å². The molecule has 0 unspecified atom stereocenters. The van der Waals surface area contributed by atoms with E-state index in [4.69, 9.17) is 4.74 Å². The molecule has 0 atom stereocenters. The van der Waals surface area contributed by atoms with Crippen molar-refractivity contribution in [2.75, 3.05) is 27.4 Å². The van der Waals surface area contributed by atoms with E-state index in [0.29, 0.717) is 0 Å². The van der Waals surface area contributed by atoms with Crippen LogP contribution in [0.5, 0.6) is 5.75 Å². The Hall–Kier alpha value is -1.02. The molecule has 2 nitrogen and oxygen atoms in total. The number of quaternary nitrogens is 1. The predicted molar refractivity (Wildman–Crippen MR) is 101 cm³/mol. The first-order valence-electron chi connectivity index (χ1n) is 9.64. The Morgan fingerprint density at radius 1 is 0.739 bits per heavy atom. The lowest BCUT2D eigenvalue weighted by molar-refractivity contribution is -0.905.